The molecule has 2 aliphatic heterocycles. The second-order valence-corrected chi connectivity index (χ2v) is 10.7. The van der Waals surface area contributed by atoms with Crippen molar-refractivity contribution < 1.29 is 14.7 Å². The van der Waals surface area contributed by atoms with Gasteiger partial charge in [0.15, 0.2) is 0 Å². The number of carbonyl (C=O) groups excluding carboxylic acids is 1. The normalized spacial score (nSPS) is 20.8. The summed E-state index contributed by atoms with van der Waals surface area (Å²) >= 11 is 0. The third-order valence-corrected chi connectivity index (χ3v) is 7.64. The first-order chi connectivity index (χ1) is 16.1. The number of carboxylic acid groups (broad SMARTS) is 1. The van der Waals surface area contributed by atoms with Gasteiger partial charge in [0, 0.05) is 19.6 Å². The van der Waals surface area contributed by atoms with Crippen molar-refractivity contribution in [2.45, 2.75) is 63.6 Å². The lowest BCUT2D eigenvalue weighted by atomic mass is 9.85. The van der Waals surface area contributed by atoms with Crippen LogP contribution < -0.4 is 0 Å². The Balaban J connectivity index is 1.60. The van der Waals surface area contributed by atoms with Crippen molar-refractivity contribution in [3.8, 4) is 0 Å². The number of rotatable bonds is 5. The fraction of sp³-hybridized carbons (Fsp3) is 0.500. The molecule has 0 radical (unpaired) electrons. The summed E-state index contributed by atoms with van der Waals surface area (Å²) in [4.78, 5) is 31.1. The minimum absolute atomic E-state index is 0.0657. The van der Waals surface area contributed by atoms with Gasteiger partial charge in [-0.2, -0.15) is 0 Å². The van der Waals surface area contributed by atoms with Crippen molar-refractivity contribution in [2.75, 3.05) is 26.7 Å². The Morgan fingerprint density at radius 1 is 1.03 bits per heavy atom. The minimum atomic E-state index is -0.906. The first-order valence-electron chi connectivity index (χ1n) is 12.3. The van der Waals surface area contributed by atoms with Crippen LogP contribution >= 0.6 is 0 Å². The second kappa shape index (κ2) is 9.41. The minimum Gasteiger partial charge on any atom is -0.465 e. The van der Waals surface area contributed by atoms with Crippen LogP contribution in [0.25, 0.3) is 0 Å². The first kappa shape index (κ1) is 24.3. The number of aryl methyl sites for hydroxylation is 1. The average Bonchev–Trinajstić information content (AvgIpc) is 3.01. The molecule has 0 aliphatic carbocycles. The van der Waals surface area contributed by atoms with Crippen LogP contribution in [-0.4, -0.2) is 64.0 Å². The van der Waals surface area contributed by atoms with Gasteiger partial charge in [0.2, 0.25) is 5.91 Å². The van der Waals surface area contributed by atoms with Gasteiger partial charge in [0.1, 0.15) is 11.7 Å². The number of benzene rings is 2. The molecule has 2 aromatic rings. The number of hydrogen-bond donors (Lipinski definition) is 1. The molecule has 1 N–H and O–H groups in total. The lowest BCUT2D eigenvalue weighted by Crippen LogP contribution is -2.56. The molecule has 1 spiro atoms. The van der Waals surface area contributed by atoms with Gasteiger partial charge in [-0.25, -0.2) is 4.79 Å². The zero-order chi connectivity index (χ0) is 24.5. The van der Waals surface area contributed by atoms with E-state index >= 15 is 0 Å². The summed E-state index contributed by atoms with van der Waals surface area (Å²) in [6.07, 6.45) is 1.81. The topological polar surface area (TPSA) is 64.1 Å². The molecule has 6 heteroatoms. The molecule has 1 unspecified atom stereocenters. The highest BCUT2D eigenvalue weighted by Crippen LogP contribution is 2.45. The Labute approximate surface area is 203 Å². The van der Waals surface area contributed by atoms with Gasteiger partial charge < -0.3 is 14.9 Å². The molecule has 182 valence electrons. The number of carbonyl (C=O) groups is 2. The maximum absolute atomic E-state index is 13.9. The molecular formula is C28H37N3O3. The van der Waals surface area contributed by atoms with E-state index in [0.717, 1.165) is 18.4 Å². The first-order valence-corrected chi connectivity index (χ1v) is 12.3. The monoisotopic (exact) mass is 463 g/mol. The van der Waals surface area contributed by atoms with Gasteiger partial charge in [0.05, 0.1) is 0 Å². The van der Waals surface area contributed by atoms with Gasteiger partial charge in [-0.1, -0.05) is 75.4 Å². The Morgan fingerprint density at radius 3 is 2.21 bits per heavy atom. The van der Waals surface area contributed by atoms with Crippen molar-refractivity contribution in [3.05, 3.63) is 71.3 Å². The molecule has 2 aromatic carbocycles. The van der Waals surface area contributed by atoms with E-state index in [0.29, 0.717) is 32.5 Å². The highest BCUT2D eigenvalue weighted by Gasteiger charge is 2.57. The maximum atomic E-state index is 13.9. The summed E-state index contributed by atoms with van der Waals surface area (Å²) in [5.41, 5.74) is 3.07. The van der Waals surface area contributed by atoms with E-state index in [1.165, 1.54) is 16.0 Å². The molecule has 0 bridgehead atoms. The van der Waals surface area contributed by atoms with Crippen LogP contribution in [0.4, 0.5) is 4.79 Å². The van der Waals surface area contributed by atoms with E-state index in [2.05, 4.69) is 74.2 Å². The summed E-state index contributed by atoms with van der Waals surface area (Å²) < 4.78 is 0. The number of piperidine rings is 1. The van der Waals surface area contributed by atoms with E-state index in [4.69, 9.17) is 0 Å². The fourth-order valence-electron chi connectivity index (χ4n) is 5.49. The Morgan fingerprint density at radius 2 is 1.65 bits per heavy atom. The predicted molar refractivity (Wildman–Crippen MR) is 134 cm³/mol. The Kier molecular flexibility index (Phi) is 6.72. The van der Waals surface area contributed by atoms with E-state index in [1.807, 2.05) is 18.0 Å². The van der Waals surface area contributed by atoms with Crippen molar-refractivity contribution >= 4 is 12.0 Å². The van der Waals surface area contributed by atoms with E-state index in [-0.39, 0.29) is 17.5 Å². The third kappa shape index (κ3) is 4.56. The van der Waals surface area contributed by atoms with Gasteiger partial charge in [0.25, 0.3) is 0 Å². The van der Waals surface area contributed by atoms with Crippen LogP contribution in [0.2, 0.25) is 0 Å². The molecular weight excluding hydrogens is 426 g/mol. The molecule has 1 atom stereocenters. The predicted octanol–water partition coefficient (Wildman–Crippen LogP) is 4.90. The second-order valence-electron chi connectivity index (χ2n) is 10.7. The number of hydrogen-bond acceptors (Lipinski definition) is 3. The lowest BCUT2D eigenvalue weighted by Gasteiger charge is -2.41. The van der Waals surface area contributed by atoms with Gasteiger partial charge in [-0.15, -0.1) is 0 Å². The summed E-state index contributed by atoms with van der Waals surface area (Å²) in [5, 5.41) is 9.42. The smallest absolute Gasteiger partial charge is 0.407 e. The van der Waals surface area contributed by atoms with Crippen LogP contribution in [0, 0.1) is 0 Å². The summed E-state index contributed by atoms with van der Waals surface area (Å²) in [5.74, 6) is 0.137. The molecule has 0 saturated carbocycles. The van der Waals surface area contributed by atoms with Crippen molar-refractivity contribution in [3.63, 3.8) is 0 Å². The largest absolute Gasteiger partial charge is 0.465 e. The van der Waals surface area contributed by atoms with Gasteiger partial charge >= 0.3 is 6.09 Å². The Bertz CT molecular complexity index is 1010. The number of amides is 2. The zero-order valence-electron chi connectivity index (χ0n) is 20.8. The molecule has 2 saturated heterocycles. The third-order valence-electron chi connectivity index (χ3n) is 7.64. The van der Waals surface area contributed by atoms with Crippen LogP contribution in [0.5, 0.6) is 0 Å². The summed E-state index contributed by atoms with van der Waals surface area (Å²) in [6.45, 7) is 8.06. The van der Waals surface area contributed by atoms with Crippen LogP contribution in [0.15, 0.2) is 54.6 Å². The van der Waals surface area contributed by atoms with E-state index in [1.54, 1.807) is 0 Å². The van der Waals surface area contributed by atoms with Gasteiger partial charge in [-0.3, -0.25) is 9.69 Å². The number of likely N-dealkylation sites (tertiary alicyclic amines) is 1. The molecule has 34 heavy (non-hydrogen) atoms. The highest BCUT2D eigenvalue weighted by atomic mass is 16.4. The maximum Gasteiger partial charge on any atom is 0.407 e. The SMILES string of the molecule is CN1C(c2ccc(C(C)(C)C)cc2)N(CCCc2ccccc2)C(=O)C12CCN(C(=O)O)CC2. The van der Waals surface area contributed by atoms with Crippen LogP contribution in [-0.2, 0) is 16.6 Å². The van der Waals surface area contributed by atoms with Crippen LogP contribution in [0.3, 0.4) is 0 Å². The van der Waals surface area contributed by atoms with Crippen molar-refractivity contribution in [1.29, 1.82) is 0 Å². The summed E-state index contributed by atoms with van der Waals surface area (Å²) in [7, 11) is 2.04. The Hall–Kier alpha value is -2.86. The van der Waals surface area contributed by atoms with Gasteiger partial charge in [-0.05, 0) is 54.8 Å². The fourth-order valence-corrected chi connectivity index (χ4v) is 5.49. The van der Waals surface area contributed by atoms with Crippen molar-refractivity contribution in [1.82, 2.24) is 14.7 Å². The molecule has 4 rings (SSSR count). The van der Waals surface area contributed by atoms with Crippen molar-refractivity contribution in [2.24, 2.45) is 0 Å². The van der Waals surface area contributed by atoms with E-state index < -0.39 is 11.6 Å². The van der Waals surface area contributed by atoms with Crippen LogP contribution in [0.1, 0.15) is 62.9 Å². The molecule has 2 fully saturated rings. The highest BCUT2D eigenvalue weighted by molar-refractivity contribution is 5.89. The number of nitrogens with zero attached hydrogens (tertiary/aromatic N) is 3. The number of likely N-dealkylation sites (N-methyl/N-ethyl adjacent to an activating group) is 1. The van der Waals surface area contributed by atoms with E-state index in [9.17, 15) is 14.7 Å². The molecule has 2 heterocycles. The standard InChI is InChI=1S/C28H37N3O3/c1-27(2,3)23-14-12-22(13-15-23)24-29(4)28(16-19-30(20-17-28)26(33)34)25(32)31(24)18-8-11-21-9-6-5-7-10-21/h5-7,9-10,12-15,24H,8,11,16-20H2,1-4H3,(H,33,34). The lowest BCUT2D eigenvalue weighted by molar-refractivity contribution is -0.135. The average molecular weight is 464 g/mol. The zero-order valence-corrected chi connectivity index (χ0v) is 20.8. The molecule has 2 aliphatic rings. The quantitative estimate of drug-likeness (QED) is 0.685. The molecule has 0 aromatic heterocycles. The molecule has 2 amide bonds. The molecule has 6 nitrogen and oxygen atoms in total. The summed E-state index contributed by atoms with van der Waals surface area (Å²) in [6, 6.07) is 19.0.